The van der Waals surface area contributed by atoms with E-state index >= 15 is 0 Å². The van der Waals surface area contributed by atoms with E-state index in [4.69, 9.17) is 9.47 Å². The molecule has 0 saturated carbocycles. The van der Waals surface area contributed by atoms with Crippen molar-refractivity contribution < 1.29 is 19.1 Å². The Morgan fingerprint density at radius 3 is 2.26 bits per heavy atom. The van der Waals surface area contributed by atoms with Crippen molar-refractivity contribution in [3.05, 3.63) is 65.7 Å². The average Bonchev–Trinajstić information content (AvgIpc) is 2.61. The van der Waals surface area contributed by atoms with Crippen LogP contribution >= 0.6 is 0 Å². The average molecular weight is 369 g/mol. The molecule has 144 valence electrons. The lowest BCUT2D eigenvalue weighted by Gasteiger charge is -2.25. The smallest absolute Gasteiger partial charge is 0.329 e. The molecule has 5 heteroatoms. The van der Waals surface area contributed by atoms with Crippen LogP contribution in [0.5, 0.6) is 5.75 Å². The van der Waals surface area contributed by atoms with Gasteiger partial charge in [-0.15, -0.1) is 0 Å². The molecule has 0 aliphatic rings. The monoisotopic (exact) mass is 369 g/mol. The molecule has 0 unspecified atom stereocenters. The summed E-state index contributed by atoms with van der Waals surface area (Å²) in [6, 6.07) is 16.1. The zero-order valence-electron chi connectivity index (χ0n) is 16.3. The first-order valence-electron chi connectivity index (χ1n) is 8.96. The molecule has 0 heterocycles. The summed E-state index contributed by atoms with van der Waals surface area (Å²) < 4.78 is 10.8. The third-order valence-corrected chi connectivity index (χ3v) is 3.85. The molecule has 1 N–H and O–H groups in total. The van der Waals surface area contributed by atoms with Crippen LogP contribution < -0.4 is 10.1 Å². The van der Waals surface area contributed by atoms with Crippen LogP contribution in [0.15, 0.2) is 54.6 Å². The number of carbonyl (C=O) groups is 2. The standard InChI is InChI=1S/C22H27NO4/c1-22(2,3)27-21(25)18(14-16-10-6-5-7-11-16)23-20(24)15-17-12-8-9-13-19(17)26-4/h5-13,18H,14-15H2,1-4H3,(H,23,24)/t18-/m0/s1. The Bertz CT molecular complexity index is 765. The molecule has 0 aliphatic heterocycles. The Kier molecular flexibility index (Phi) is 6.99. The van der Waals surface area contributed by atoms with Crippen molar-refractivity contribution in [2.75, 3.05) is 7.11 Å². The Morgan fingerprint density at radius 1 is 1.00 bits per heavy atom. The summed E-state index contributed by atoms with van der Waals surface area (Å²) in [5.74, 6) is -0.0597. The van der Waals surface area contributed by atoms with Crippen LogP contribution in [0.25, 0.3) is 0 Å². The molecule has 0 spiro atoms. The topological polar surface area (TPSA) is 64.6 Å². The Morgan fingerprint density at radius 2 is 1.63 bits per heavy atom. The zero-order chi connectivity index (χ0) is 19.9. The summed E-state index contributed by atoms with van der Waals surface area (Å²) in [5.41, 5.74) is 1.09. The number of benzene rings is 2. The van der Waals surface area contributed by atoms with E-state index in [1.165, 1.54) is 0 Å². The maximum Gasteiger partial charge on any atom is 0.329 e. The Hall–Kier alpha value is -2.82. The number of esters is 1. The van der Waals surface area contributed by atoms with Gasteiger partial charge < -0.3 is 14.8 Å². The molecule has 0 aliphatic carbocycles. The molecule has 5 nitrogen and oxygen atoms in total. The number of hydrogen-bond donors (Lipinski definition) is 1. The molecule has 1 atom stereocenters. The molecule has 27 heavy (non-hydrogen) atoms. The summed E-state index contributed by atoms with van der Waals surface area (Å²) >= 11 is 0. The number of methoxy groups -OCH3 is 1. The van der Waals surface area contributed by atoms with E-state index in [0.29, 0.717) is 12.2 Å². The van der Waals surface area contributed by atoms with Gasteiger partial charge in [0.2, 0.25) is 5.91 Å². The number of carbonyl (C=O) groups excluding carboxylic acids is 2. The highest BCUT2D eigenvalue weighted by molar-refractivity contribution is 5.86. The fraction of sp³-hybridized carbons (Fsp3) is 0.364. The van der Waals surface area contributed by atoms with Crippen molar-refractivity contribution in [1.29, 1.82) is 0 Å². The van der Waals surface area contributed by atoms with E-state index in [0.717, 1.165) is 11.1 Å². The first-order valence-corrected chi connectivity index (χ1v) is 8.96. The summed E-state index contributed by atoms with van der Waals surface area (Å²) in [4.78, 5) is 25.2. The van der Waals surface area contributed by atoms with Crippen LogP contribution in [0.2, 0.25) is 0 Å². The van der Waals surface area contributed by atoms with Crippen LogP contribution in [0.4, 0.5) is 0 Å². The molecule has 1 amide bonds. The first kappa shape index (κ1) is 20.5. The van der Waals surface area contributed by atoms with E-state index in [1.807, 2.05) is 48.5 Å². The van der Waals surface area contributed by atoms with Crippen molar-refractivity contribution in [2.45, 2.75) is 45.3 Å². The molecule has 2 rings (SSSR count). The van der Waals surface area contributed by atoms with E-state index < -0.39 is 17.6 Å². The highest BCUT2D eigenvalue weighted by Gasteiger charge is 2.27. The maximum absolute atomic E-state index is 12.6. The fourth-order valence-corrected chi connectivity index (χ4v) is 2.68. The van der Waals surface area contributed by atoms with Gasteiger partial charge in [-0.05, 0) is 32.4 Å². The second kappa shape index (κ2) is 9.21. The highest BCUT2D eigenvalue weighted by atomic mass is 16.6. The molecule has 2 aromatic rings. The maximum atomic E-state index is 12.6. The SMILES string of the molecule is COc1ccccc1CC(=O)N[C@@H](Cc1ccccc1)C(=O)OC(C)(C)C. The van der Waals surface area contributed by atoms with Gasteiger partial charge in [0, 0.05) is 12.0 Å². The second-order valence-corrected chi connectivity index (χ2v) is 7.33. The largest absolute Gasteiger partial charge is 0.496 e. The lowest BCUT2D eigenvalue weighted by atomic mass is 10.0. The lowest BCUT2D eigenvalue weighted by molar-refractivity contribution is -0.158. The van der Waals surface area contributed by atoms with E-state index in [2.05, 4.69) is 5.32 Å². The van der Waals surface area contributed by atoms with E-state index in [1.54, 1.807) is 33.9 Å². The lowest BCUT2D eigenvalue weighted by Crippen LogP contribution is -2.46. The van der Waals surface area contributed by atoms with E-state index in [-0.39, 0.29) is 12.3 Å². The minimum Gasteiger partial charge on any atom is -0.496 e. The van der Waals surface area contributed by atoms with Crippen molar-refractivity contribution >= 4 is 11.9 Å². The minimum atomic E-state index is -0.756. The van der Waals surface area contributed by atoms with Gasteiger partial charge in [-0.2, -0.15) is 0 Å². The summed E-state index contributed by atoms with van der Waals surface area (Å²) in [5, 5.41) is 2.82. The predicted molar refractivity (Wildman–Crippen MR) is 105 cm³/mol. The van der Waals surface area contributed by atoms with Crippen molar-refractivity contribution in [2.24, 2.45) is 0 Å². The van der Waals surface area contributed by atoms with Gasteiger partial charge in [0.15, 0.2) is 0 Å². The van der Waals surface area contributed by atoms with Gasteiger partial charge in [0.05, 0.1) is 13.5 Å². The van der Waals surface area contributed by atoms with Gasteiger partial charge in [-0.25, -0.2) is 4.79 Å². The van der Waals surface area contributed by atoms with Crippen LogP contribution in [-0.2, 0) is 27.2 Å². The second-order valence-electron chi connectivity index (χ2n) is 7.33. The van der Waals surface area contributed by atoms with Gasteiger partial charge in [0.1, 0.15) is 17.4 Å². The van der Waals surface area contributed by atoms with Gasteiger partial charge in [-0.1, -0.05) is 48.5 Å². The normalized spacial score (nSPS) is 12.1. The molecule has 0 saturated heterocycles. The summed E-state index contributed by atoms with van der Waals surface area (Å²) in [6.07, 6.45) is 0.492. The van der Waals surface area contributed by atoms with Crippen molar-refractivity contribution in [3.63, 3.8) is 0 Å². The minimum absolute atomic E-state index is 0.123. The number of ether oxygens (including phenoxy) is 2. The van der Waals surface area contributed by atoms with Crippen LogP contribution in [0, 0.1) is 0 Å². The Balaban J connectivity index is 2.12. The molecule has 0 radical (unpaired) electrons. The number of hydrogen-bond acceptors (Lipinski definition) is 4. The predicted octanol–water partition coefficient (Wildman–Crippen LogP) is 3.31. The number of nitrogens with one attached hydrogen (secondary N) is 1. The van der Waals surface area contributed by atoms with Crippen molar-refractivity contribution in [1.82, 2.24) is 5.32 Å². The third-order valence-electron chi connectivity index (χ3n) is 3.85. The van der Waals surface area contributed by atoms with Gasteiger partial charge in [-0.3, -0.25) is 4.79 Å². The quantitative estimate of drug-likeness (QED) is 0.761. The van der Waals surface area contributed by atoms with Crippen LogP contribution in [0.1, 0.15) is 31.9 Å². The molecule has 0 aromatic heterocycles. The van der Waals surface area contributed by atoms with Crippen LogP contribution in [0.3, 0.4) is 0 Å². The number of para-hydroxylation sites is 1. The molecular formula is C22H27NO4. The summed E-state index contributed by atoms with van der Waals surface area (Å²) in [6.45, 7) is 5.42. The summed E-state index contributed by atoms with van der Waals surface area (Å²) in [7, 11) is 1.57. The van der Waals surface area contributed by atoms with E-state index in [9.17, 15) is 9.59 Å². The third kappa shape index (κ3) is 6.77. The number of rotatable bonds is 7. The zero-order valence-corrected chi connectivity index (χ0v) is 16.3. The molecular weight excluding hydrogens is 342 g/mol. The van der Waals surface area contributed by atoms with Crippen LogP contribution in [-0.4, -0.2) is 30.6 Å². The Labute approximate surface area is 160 Å². The molecule has 0 fully saturated rings. The number of amides is 1. The first-order chi connectivity index (χ1) is 12.8. The van der Waals surface area contributed by atoms with Gasteiger partial charge in [0.25, 0.3) is 0 Å². The van der Waals surface area contributed by atoms with Crippen molar-refractivity contribution in [3.8, 4) is 5.75 Å². The van der Waals surface area contributed by atoms with Gasteiger partial charge >= 0.3 is 5.97 Å². The highest BCUT2D eigenvalue weighted by Crippen LogP contribution is 2.18. The molecule has 2 aromatic carbocycles. The molecule has 0 bridgehead atoms. The fourth-order valence-electron chi connectivity index (χ4n) is 2.68.